The highest BCUT2D eigenvalue weighted by Gasteiger charge is 2.01. The topological polar surface area (TPSA) is 25.8 Å². The molecule has 4 heteroatoms. The zero-order valence-corrected chi connectivity index (χ0v) is 6.67. The van der Waals surface area contributed by atoms with E-state index in [0.29, 0.717) is 5.15 Å². The number of hydrogen-bond acceptors (Lipinski definition) is 3. The molecule has 0 N–H and O–H groups in total. The molecular weight excluding hydrogens is 156 g/mol. The minimum Gasteiger partial charge on any atom is -0.126 e. The normalized spacial score (nSPS) is 10.0. The lowest BCUT2D eigenvalue weighted by atomic mass is 10.3. The summed E-state index contributed by atoms with van der Waals surface area (Å²) in [5.41, 5.74) is 0. The van der Waals surface area contributed by atoms with E-state index in [0.717, 1.165) is 17.7 Å². The van der Waals surface area contributed by atoms with Crippen molar-refractivity contribution in [3.05, 3.63) is 10.0 Å². The van der Waals surface area contributed by atoms with Gasteiger partial charge < -0.3 is 0 Å². The molecule has 2 nitrogen and oxygen atoms in total. The van der Waals surface area contributed by atoms with Crippen LogP contribution in [-0.4, -0.2) is 9.59 Å². The van der Waals surface area contributed by atoms with E-state index in [-0.39, 0.29) is 0 Å². The Kier molecular flexibility index (Phi) is 2.42. The van der Waals surface area contributed by atoms with Gasteiger partial charge in [0.1, 0.15) is 0 Å². The third kappa shape index (κ3) is 1.63. The number of aryl methyl sites for hydroxylation is 1. The second-order valence-corrected chi connectivity index (χ2v) is 2.93. The molecule has 0 amide bonds. The van der Waals surface area contributed by atoms with E-state index in [1.807, 2.05) is 0 Å². The highest BCUT2D eigenvalue weighted by atomic mass is 35.5. The molecule has 9 heavy (non-hydrogen) atoms. The van der Waals surface area contributed by atoms with Crippen LogP contribution in [0.5, 0.6) is 0 Å². The largest absolute Gasteiger partial charge is 0.167 e. The van der Waals surface area contributed by atoms with E-state index in [1.54, 1.807) is 0 Å². The predicted molar refractivity (Wildman–Crippen MR) is 38.9 cm³/mol. The van der Waals surface area contributed by atoms with E-state index in [4.69, 9.17) is 11.6 Å². The van der Waals surface area contributed by atoms with Gasteiger partial charge in [-0.1, -0.05) is 29.4 Å². The first kappa shape index (κ1) is 6.96. The van der Waals surface area contributed by atoms with Gasteiger partial charge >= 0.3 is 0 Å². The van der Waals surface area contributed by atoms with Gasteiger partial charge in [-0.05, 0) is 18.0 Å². The first-order chi connectivity index (χ1) is 4.34. The minimum absolute atomic E-state index is 0.571. The lowest BCUT2D eigenvalue weighted by Crippen LogP contribution is -1.76. The van der Waals surface area contributed by atoms with Crippen LogP contribution in [0.1, 0.15) is 18.2 Å². The second kappa shape index (κ2) is 3.13. The molecule has 0 aromatic carbocycles. The molecular formula is C5H7ClN2S. The Morgan fingerprint density at radius 3 is 2.89 bits per heavy atom. The number of hydrogen-bond donors (Lipinski definition) is 0. The van der Waals surface area contributed by atoms with Gasteiger partial charge in [-0.25, -0.2) is 0 Å². The monoisotopic (exact) mass is 162 g/mol. The van der Waals surface area contributed by atoms with Crippen molar-refractivity contribution in [2.24, 2.45) is 0 Å². The fourth-order valence-electron chi connectivity index (χ4n) is 0.575. The van der Waals surface area contributed by atoms with Gasteiger partial charge in [0, 0.05) is 0 Å². The number of nitrogens with zero attached hydrogens (tertiary/aromatic N) is 2. The van der Waals surface area contributed by atoms with Crippen LogP contribution in [0.15, 0.2) is 0 Å². The number of aromatic nitrogens is 2. The predicted octanol–water partition coefficient (Wildman–Crippen LogP) is 2.14. The summed E-state index contributed by atoms with van der Waals surface area (Å²) in [4.78, 5) is 1.10. The summed E-state index contributed by atoms with van der Waals surface area (Å²) in [6, 6.07) is 0. The summed E-state index contributed by atoms with van der Waals surface area (Å²) in [6.07, 6.45) is 2.10. The Labute approximate surface area is 63.0 Å². The van der Waals surface area contributed by atoms with E-state index in [2.05, 4.69) is 16.5 Å². The summed E-state index contributed by atoms with van der Waals surface area (Å²) in [5.74, 6) is 0. The molecule has 1 rings (SSSR count). The molecule has 0 aliphatic carbocycles. The Bertz CT molecular complexity index is 187. The average Bonchev–Trinajstić information content (AvgIpc) is 2.18. The van der Waals surface area contributed by atoms with Crippen LogP contribution in [0, 0.1) is 0 Å². The van der Waals surface area contributed by atoms with Crippen LogP contribution >= 0.6 is 23.1 Å². The van der Waals surface area contributed by atoms with Crippen LogP contribution in [0.25, 0.3) is 0 Å². The van der Waals surface area contributed by atoms with Crippen molar-refractivity contribution in [1.29, 1.82) is 0 Å². The Hall–Kier alpha value is -0.150. The van der Waals surface area contributed by atoms with Crippen molar-refractivity contribution < 1.29 is 0 Å². The fourth-order valence-corrected chi connectivity index (χ4v) is 1.49. The lowest BCUT2D eigenvalue weighted by molar-refractivity contribution is 0.935. The van der Waals surface area contributed by atoms with E-state index in [9.17, 15) is 0 Å². The van der Waals surface area contributed by atoms with E-state index >= 15 is 0 Å². The van der Waals surface area contributed by atoms with Gasteiger partial charge in [-0.3, -0.25) is 0 Å². The van der Waals surface area contributed by atoms with Crippen LogP contribution < -0.4 is 0 Å². The van der Waals surface area contributed by atoms with Gasteiger partial charge in [-0.15, -0.1) is 5.10 Å². The van der Waals surface area contributed by atoms with E-state index in [1.165, 1.54) is 11.5 Å². The maximum atomic E-state index is 5.66. The van der Waals surface area contributed by atoms with Gasteiger partial charge in [0.15, 0.2) is 5.15 Å². The van der Waals surface area contributed by atoms with Crippen molar-refractivity contribution in [1.82, 2.24) is 9.59 Å². The molecule has 0 saturated heterocycles. The molecule has 1 heterocycles. The molecule has 0 atom stereocenters. The van der Waals surface area contributed by atoms with Crippen molar-refractivity contribution in [3.8, 4) is 0 Å². The molecule has 0 spiro atoms. The van der Waals surface area contributed by atoms with Crippen LogP contribution in [0.3, 0.4) is 0 Å². The summed E-state index contributed by atoms with van der Waals surface area (Å²) in [7, 11) is 0. The van der Waals surface area contributed by atoms with Gasteiger partial charge in [0.05, 0.1) is 4.88 Å². The molecule has 50 valence electrons. The molecule has 0 aliphatic rings. The first-order valence-corrected chi connectivity index (χ1v) is 3.96. The average molecular weight is 163 g/mol. The SMILES string of the molecule is CCCc1snnc1Cl. The first-order valence-electron chi connectivity index (χ1n) is 2.81. The van der Waals surface area contributed by atoms with Gasteiger partial charge in [0.25, 0.3) is 0 Å². The van der Waals surface area contributed by atoms with E-state index < -0.39 is 0 Å². The third-order valence-corrected chi connectivity index (χ3v) is 2.18. The van der Waals surface area contributed by atoms with Crippen molar-refractivity contribution >= 4 is 23.1 Å². The molecule has 0 aliphatic heterocycles. The quantitative estimate of drug-likeness (QED) is 0.666. The lowest BCUT2D eigenvalue weighted by Gasteiger charge is -1.86. The zero-order chi connectivity index (χ0) is 6.69. The van der Waals surface area contributed by atoms with Crippen molar-refractivity contribution in [3.63, 3.8) is 0 Å². The Morgan fingerprint density at radius 2 is 2.44 bits per heavy atom. The molecule has 0 fully saturated rings. The smallest absolute Gasteiger partial charge is 0.126 e. The van der Waals surface area contributed by atoms with Crippen LogP contribution in [-0.2, 0) is 6.42 Å². The van der Waals surface area contributed by atoms with Gasteiger partial charge in [-0.2, -0.15) is 0 Å². The molecule has 1 aromatic heterocycles. The summed E-state index contributed by atoms with van der Waals surface area (Å²) < 4.78 is 3.70. The standard InChI is InChI=1S/C5H7ClN2S/c1-2-3-4-5(6)7-8-9-4/h2-3H2,1H3. The summed E-state index contributed by atoms with van der Waals surface area (Å²) in [5, 5.41) is 4.24. The third-order valence-electron chi connectivity index (χ3n) is 0.987. The fraction of sp³-hybridized carbons (Fsp3) is 0.600. The van der Waals surface area contributed by atoms with Crippen LogP contribution in [0.2, 0.25) is 5.15 Å². The summed E-state index contributed by atoms with van der Waals surface area (Å²) >= 11 is 7.04. The maximum absolute atomic E-state index is 5.66. The van der Waals surface area contributed by atoms with Crippen molar-refractivity contribution in [2.45, 2.75) is 19.8 Å². The Balaban J connectivity index is 2.69. The molecule has 0 unspecified atom stereocenters. The second-order valence-electron chi connectivity index (χ2n) is 1.74. The van der Waals surface area contributed by atoms with Crippen molar-refractivity contribution in [2.75, 3.05) is 0 Å². The molecule has 1 aromatic rings. The molecule has 0 bridgehead atoms. The maximum Gasteiger partial charge on any atom is 0.167 e. The zero-order valence-electron chi connectivity index (χ0n) is 5.09. The molecule has 0 saturated carbocycles. The highest BCUT2D eigenvalue weighted by Crippen LogP contribution is 2.16. The number of rotatable bonds is 2. The van der Waals surface area contributed by atoms with Crippen LogP contribution in [0.4, 0.5) is 0 Å². The Morgan fingerprint density at radius 1 is 1.67 bits per heavy atom. The highest BCUT2D eigenvalue weighted by molar-refractivity contribution is 7.06. The number of halogens is 1. The summed E-state index contributed by atoms with van der Waals surface area (Å²) in [6.45, 7) is 2.11. The molecule has 0 radical (unpaired) electrons. The minimum atomic E-state index is 0.571. The van der Waals surface area contributed by atoms with Gasteiger partial charge in [0.2, 0.25) is 0 Å².